The summed E-state index contributed by atoms with van der Waals surface area (Å²) in [4.78, 5) is 25.8. The van der Waals surface area contributed by atoms with Crippen LogP contribution in [0.25, 0.3) is 0 Å². The highest BCUT2D eigenvalue weighted by Crippen LogP contribution is 2.19. The molecule has 0 heterocycles. The van der Waals surface area contributed by atoms with Gasteiger partial charge in [0.2, 0.25) is 0 Å². The lowest BCUT2D eigenvalue weighted by molar-refractivity contribution is 0.0883. The number of methoxy groups -OCH3 is 2. The zero-order valence-corrected chi connectivity index (χ0v) is 19.0. The van der Waals surface area contributed by atoms with Crippen LogP contribution in [0.1, 0.15) is 45.8 Å². The average molecular weight is 449 g/mol. The first-order valence-electron chi connectivity index (χ1n) is 10.7. The summed E-state index contributed by atoms with van der Waals surface area (Å²) >= 11 is 0. The molecule has 0 fully saturated rings. The summed E-state index contributed by atoms with van der Waals surface area (Å²) in [5.41, 5.74) is 1.60. The molecular weight excluding hydrogens is 420 g/mol. The lowest BCUT2D eigenvalue weighted by atomic mass is 10.1. The van der Waals surface area contributed by atoms with Gasteiger partial charge in [0.1, 0.15) is 23.4 Å². The Morgan fingerprint density at radius 1 is 0.697 bits per heavy atom. The van der Waals surface area contributed by atoms with E-state index in [2.05, 4.69) is 10.6 Å². The van der Waals surface area contributed by atoms with E-state index in [0.717, 1.165) is 12.2 Å². The molecule has 33 heavy (non-hydrogen) atoms. The molecule has 7 nitrogen and oxygen atoms in total. The number of rotatable bonds is 10. The van der Waals surface area contributed by atoms with Gasteiger partial charge in [0.05, 0.1) is 20.8 Å². The molecule has 2 N–H and O–H groups in total. The molecule has 0 saturated carbocycles. The van der Waals surface area contributed by atoms with E-state index in [1.54, 1.807) is 62.8 Å². The molecule has 0 aliphatic carbocycles. The van der Waals surface area contributed by atoms with Gasteiger partial charge in [-0.15, -0.1) is 0 Å². The van der Waals surface area contributed by atoms with Crippen LogP contribution in [0.4, 0.5) is 0 Å². The highest BCUT2D eigenvalue weighted by Gasteiger charge is 2.19. The van der Waals surface area contributed by atoms with Crippen LogP contribution < -0.4 is 24.8 Å². The number of ether oxygens (including phenoxy) is 3. The Morgan fingerprint density at radius 3 is 1.52 bits per heavy atom. The summed E-state index contributed by atoms with van der Waals surface area (Å²) < 4.78 is 15.9. The van der Waals surface area contributed by atoms with E-state index < -0.39 is 6.17 Å². The molecule has 7 heteroatoms. The van der Waals surface area contributed by atoms with E-state index in [0.29, 0.717) is 34.8 Å². The highest BCUT2D eigenvalue weighted by molar-refractivity contribution is 5.97. The minimum atomic E-state index is -0.755. The molecular formula is C26H28N2O5. The number of carbonyl (C=O) groups excluding carboxylic acids is 2. The third-order valence-corrected chi connectivity index (χ3v) is 4.94. The van der Waals surface area contributed by atoms with Crippen LogP contribution in [0.2, 0.25) is 0 Å². The Labute approximate surface area is 193 Å². The zero-order chi connectivity index (χ0) is 23.6. The maximum Gasteiger partial charge on any atom is 0.253 e. The summed E-state index contributed by atoms with van der Waals surface area (Å²) in [6.45, 7) is 2.65. The average Bonchev–Trinajstić information content (AvgIpc) is 2.87. The molecule has 3 aromatic carbocycles. The van der Waals surface area contributed by atoms with Crippen LogP contribution >= 0.6 is 0 Å². The number of hydrogen-bond acceptors (Lipinski definition) is 5. The van der Waals surface area contributed by atoms with Crippen molar-refractivity contribution in [1.29, 1.82) is 0 Å². The molecule has 0 aliphatic rings. The second-order valence-electron chi connectivity index (χ2n) is 7.25. The normalized spacial score (nSPS) is 10.4. The van der Waals surface area contributed by atoms with Gasteiger partial charge in [0.15, 0.2) is 0 Å². The monoisotopic (exact) mass is 448 g/mol. The molecule has 0 atom stereocenters. The molecule has 3 aromatic rings. The van der Waals surface area contributed by atoms with Gasteiger partial charge in [-0.25, -0.2) is 0 Å². The van der Waals surface area contributed by atoms with Crippen LogP contribution in [0.15, 0.2) is 72.8 Å². The van der Waals surface area contributed by atoms with Crippen molar-refractivity contribution in [3.63, 3.8) is 0 Å². The van der Waals surface area contributed by atoms with Gasteiger partial charge < -0.3 is 24.8 Å². The van der Waals surface area contributed by atoms with Gasteiger partial charge in [-0.1, -0.05) is 19.1 Å². The first kappa shape index (κ1) is 23.7. The predicted molar refractivity (Wildman–Crippen MR) is 126 cm³/mol. The fourth-order valence-electron chi connectivity index (χ4n) is 3.09. The SMILES string of the molecule is CCCOc1ccc(C(NC(=O)c2ccc(OC)cc2)NC(=O)c2ccc(OC)cc2)cc1. The predicted octanol–water partition coefficient (Wildman–Crippen LogP) is 4.35. The van der Waals surface area contributed by atoms with Crippen molar-refractivity contribution in [2.75, 3.05) is 20.8 Å². The van der Waals surface area contributed by atoms with Crippen molar-refractivity contribution in [2.45, 2.75) is 19.5 Å². The Bertz CT molecular complexity index is 986. The third-order valence-electron chi connectivity index (χ3n) is 4.94. The first-order chi connectivity index (χ1) is 16.0. The summed E-state index contributed by atoms with van der Waals surface area (Å²) in [6, 6.07) is 20.8. The second-order valence-corrected chi connectivity index (χ2v) is 7.25. The molecule has 0 saturated heterocycles. The van der Waals surface area contributed by atoms with E-state index in [1.165, 1.54) is 0 Å². The molecule has 0 bridgehead atoms. The highest BCUT2D eigenvalue weighted by atomic mass is 16.5. The van der Waals surface area contributed by atoms with Gasteiger partial charge in [-0.05, 0) is 72.6 Å². The maximum atomic E-state index is 12.9. The minimum Gasteiger partial charge on any atom is -0.497 e. The van der Waals surface area contributed by atoms with Crippen molar-refractivity contribution in [2.24, 2.45) is 0 Å². The van der Waals surface area contributed by atoms with E-state index in [9.17, 15) is 9.59 Å². The summed E-state index contributed by atoms with van der Waals surface area (Å²) in [7, 11) is 3.13. The number of nitrogens with one attached hydrogen (secondary N) is 2. The molecule has 0 aromatic heterocycles. The number of carbonyl (C=O) groups is 2. The van der Waals surface area contributed by atoms with Gasteiger partial charge in [-0.3, -0.25) is 9.59 Å². The minimum absolute atomic E-state index is 0.330. The molecule has 0 spiro atoms. The van der Waals surface area contributed by atoms with Crippen molar-refractivity contribution >= 4 is 11.8 Å². The number of amides is 2. The van der Waals surface area contributed by atoms with Gasteiger partial charge >= 0.3 is 0 Å². The Kier molecular flexibility index (Phi) is 8.30. The Hall–Kier alpha value is -4.00. The molecule has 0 unspecified atom stereocenters. The van der Waals surface area contributed by atoms with E-state index >= 15 is 0 Å². The van der Waals surface area contributed by atoms with Crippen molar-refractivity contribution in [1.82, 2.24) is 10.6 Å². The summed E-state index contributed by atoms with van der Waals surface area (Å²) in [5.74, 6) is 1.37. The van der Waals surface area contributed by atoms with Crippen LogP contribution in [0.3, 0.4) is 0 Å². The summed E-state index contributed by atoms with van der Waals surface area (Å²) in [5, 5.41) is 5.79. The fourth-order valence-corrected chi connectivity index (χ4v) is 3.09. The van der Waals surface area contributed by atoms with Gasteiger partial charge in [-0.2, -0.15) is 0 Å². The largest absolute Gasteiger partial charge is 0.497 e. The van der Waals surface area contributed by atoms with Gasteiger partial charge in [0.25, 0.3) is 11.8 Å². The smallest absolute Gasteiger partial charge is 0.253 e. The Morgan fingerprint density at radius 2 is 1.12 bits per heavy atom. The van der Waals surface area contributed by atoms with E-state index in [-0.39, 0.29) is 11.8 Å². The van der Waals surface area contributed by atoms with Crippen molar-refractivity contribution < 1.29 is 23.8 Å². The quantitative estimate of drug-likeness (QED) is 0.451. The Balaban J connectivity index is 1.81. The lowest BCUT2D eigenvalue weighted by Gasteiger charge is -2.21. The zero-order valence-electron chi connectivity index (χ0n) is 19.0. The van der Waals surface area contributed by atoms with Crippen LogP contribution in [-0.4, -0.2) is 32.6 Å². The molecule has 0 radical (unpaired) electrons. The third kappa shape index (κ3) is 6.49. The molecule has 3 rings (SSSR count). The molecule has 2 amide bonds. The summed E-state index contributed by atoms with van der Waals surface area (Å²) in [6.07, 6.45) is 0.148. The number of hydrogen-bond donors (Lipinski definition) is 2. The van der Waals surface area contributed by atoms with Crippen LogP contribution in [0, 0.1) is 0 Å². The van der Waals surface area contributed by atoms with E-state index in [1.807, 2.05) is 31.2 Å². The van der Waals surface area contributed by atoms with Crippen molar-refractivity contribution in [3.05, 3.63) is 89.5 Å². The van der Waals surface area contributed by atoms with Crippen LogP contribution in [0.5, 0.6) is 17.2 Å². The lowest BCUT2D eigenvalue weighted by Crippen LogP contribution is -2.41. The van der Waals surface area contributed by atoms with Crippen LogP contribution in [-0.2, 0) is 0 Å². The standard InChI is InChI=1S/C26H28N2O5/c1-4-17-33-23-15-5-18(6-16-23)24(27-25(29)19-7-11-21(31-2)12-8-19)28-26(30)20-9-13-22(32-3)14-10-20/h5-16,24H,4,17H2,1-3H3,(H,27,29)(H,28,30). The second kappa shape index (κ2) is 11.6. The van der Waals surface area contributed by atoms with Gasteiger partial charge in [0, 0.05) is 11.1 Å². The number of benzene rings is 3. The molecule has 172 valence electrons. The maximum absolute atomic E-state index is 12.9. The van der Waals surface area contributed by atoms with Crippen molar-refractivity contribution in [3.8, 4) is 17.2 Å². The first-order valence-corrected chi connectivity index (χ1v) is 10.7. The topological polar surface area (TPSA) is 85.9 Å². The molecule has 0 aliphatic heterocycles. The fraction of sp³-hybridized carbons (Fsp3) is 0.231. The van der Waals surface area contributed by atoms with E-state index in [4.69, 9.17) is 14.2 Å².